The number of para-hydroxylation sites is 1. The van der Waals surface area contributed by atoms with E-state index in [0.29, 0.717) is 23.7 Å². The number of nitrogens with zero attached hydrogens (tertiary/aromatic N) is 4. The molecule has 1 atom stereocenters. The number of hydrogen-bond donors (Lipinski definition) is 1. The van der Waals surface area contributed by atoms with Crippen molar-refractivity contribution >= 4 is 11.7 Å². The summed E-state index contributed by atoms with van der Waals surface area (Å²) < 4.78 is 15.1. The van der Waals surface area contributed by atoms with Gasteiger partial charge in [-0.3, -0.25) is 0 Å². The number of aromatic nitrogens is 3. The highest BCUT2D eigenvalue weighted by Gasteiger charge is 2.36. The third-order valence-electron chi connectivity index (χ3n) is 7.70. The summed E-state index contributed by atoms with van der Waals surface area (Å²) in [6.45, 7) is 4.50. The van der Waals surface area contributed by atoms with Gasteiger partial charge in [0.25, 0.3) is 0 Å². The number of anilines is 1. The van der Waals surface area contributed by atoms with Crippen LogP contribution in [0.25, 0.3) is 11.5 Å². The first kappa shape index (κ1) is 26.3. The fourth-order valence-corrected chi connectivity index (χ4v) is 5.52. The van der Waals surface area contributed by atoms with Crippen LogP contribution in [0.3, 0.4) is 0 Å². The van der Waals surface area contributed by atoms with Crippen LogP contribution < -0.4 is 14.8 Å². The van der Waals surface area contributed by atoms with Gasteiger partial charge in [-0.15, -0.1) is 0 Å². The van der Waals surface area contributed by atoms with Gasteiger partial charge in [0, 0.05) is 17.8 Å². The van der Waals surface area contributed by atoms with Crippen LogP contribution in [0.5, 0.6) is 11.5 Å². The number of carbonyl (C=O) groups excluding carboxylic acids is 1. The topological polar surface area (TPSA) is 73.6 Å². The number of ether oxygens (including phenoxy) is 2. The molecule has 0 saturated carbocycles. The maximum Gasteiger partial charge on any atom is 0.323 e. The fraction of sp³-hybridized carbons (Fsp3) is 0.212. The molecule has 41 heavy (non-hydrogen) atoms. The lowest BCUT2D eigenvalue weighted by atomic mass is 9.99. The van der Waals surface area contributed by atoms with Gasteiger partial charge < -0.3 is 24.3 Å². The lowest BCUT2D eigenvalue weighted by Gasteiger charge is -2.31. The summed E-state index contributed by atoms with van der Waals surface area (Å²) in [5.41, 5.74) is 6.62. The predicted molar refractivity (Wildman–Crippen MR) is 159 cm³/mol. The van der Waals surface area contributed by atoms with Crippen molar-refractivity contribution < 1.29 is 14.3 Å². The minimum Gasteiger partial charge on any atom is -0.497 e. The first-order valence-electron chi connectivity index (χ1n) is 13.7. The Balaban J connectivity index is 1.51. The standard InChI is InChI=1S/C33H33N5O3/c1-5-23-13-15-24(16-14-23)31-29-12-9-19-36(29)32-27(22(2)35-38(32)25-10-7-6-8-11-25)21-37(31)33(39)34-28-18-17-26(40-3)20-30(28)41-4/h6-20,31H,5,21H2,1-4H3,(H,34,39). The van der Waals surface area contributed by atoms with E-state index in [1.165, 1.54) is 5.56 Å². The third kappa shape index (κ3) is 4.71. The Hall–Kier alpha value is -4.98. The van der Waals surface area contributed by atoms with Crippen molar-refractivity contribution in [3.63, 3.8) is 0 Å². The number of amides is 2. The average molecular weight is 548 g/mol. The van der Waals surface area contributed by atoms with Crippen LogP contribution >= 0.6 is 0 Å². The average Bonchev–Trinajstić information content (AvgIpc) is 3.58. The van der Waals surface area contributed by atoms with Crippen LogP contribution in [0.1, 0.15) is 41.0 Å². The molecule has 0 bridgehead atoms. The zero-order chi connectivity index (χ0) is 28.5. The van der Waals surface area contributed by atoms with Crippen LogP contribution in [-0.4, -0.2) is 39.5 Å². The maximum atomic E-state index is 14.3. The molecule has 1 aliphatic heterocycles. The van der Waals surface area contributed by atoms with Gasteiger partial charge in [0.2, 0.25) is 0 Å². The molecule has 0 radical (unpaired) electrons. The van der Waals surface area contributed by atoms with E-state index >= 15 is 0 Å². The van der Waals surface area contributed by atoms with E-state index in [1.54, 1.807) is 32.4 Å². The first-order valence-corrected chi connectivity index (χ1v) is 13.7. The number of rotatable bonds is 6. The largest absolute Gasteiger partial charge is 0.497 e. The molecule has 0 aliphatic carbocycles. The van der Waals surface area contributed by atoms with Crippen molar-refractivity contribution in [2.24, 2.45) is 0 Å². The highest BCUT2D eigenvalue weighted by molar-refractivity contribution is 5.92. The molecule has 5 aromatic rings. The van der Waals surface area contributed by atoms with Gasteiger partial charge in [-0.05, 0) is 60.9 Å². The Kier molecular flexibility index (Phi) is 6.97. The molecule has 208 valence electrons. The molecule has 0 spiro atoms. The van der Waals surface area contributed by atoms with Gasteiger partial charge in [-0.2, -0.15) is 5.10 Å². The van der Waals surface area contributed by atoms with Crippen LogP contribution in [0.4, 0.5) is 10.5 Å². The molecule has 6 rings (SSSR count). The number of carbonyl (C=O) groups is 1. The molecule has 0 saturated heterocycles. The van der Waals surface area contributed by atoms with Gasteiger partial charge in [0.05, 0.1) is 49.6 Å². The molecule has 3 aromatic carbocycles. The Bertz CT molecular complexity index is 1690. The zero-order valence-electron chi connectivity index (χ0n) is 23.7. The molecule has 1 N–H and O–H groups in total. The molecular formula is C33H33N5O3. The number of hydrogen-bond acceptors (Lipinski definition) is 4. The Morgan fingerprint density at radius 1 is 0.976 bits per heavy atom. The van der Waals surface area contributed by atoms with Gasteiger partial charge in [-0.25, -0.2) is 9.48 Å². The molecule has 1 unspecified atom stereocenters. The summed E-state index contributed by atoms with van der Waals surface area (Å²) >= 11 is 0. The molecule has 8 heteroatoms. The second kappa shape index (κ2) is 10.9. The summed E-state index contributed by atoms with van der Waals surface area (Å²) in [7, 11) is 3.18. The predicted octanol–water partition coefficient (Wildman–Crippen LogP) is 6.69. The lowest BCUT2D eigenvalue weighted by molar-refractivity contribution is 0.194. The second-order valence-corrected chi connectivity index (χ2v) is 10.1. The Labute approximate surface area is 239 Å². The number of methoxy groups -OCH3 is 2. The Morgan fingerprint density at radius 2 is 1.76 bits per heavy atom. The summed E-state index contributed by atoms with van der Waals surface area (Å²) in [4.78, 5) is 16.2. The van der Waals surface area contributed by atoms with E-state index in [4.69, 9.17) is 14.6 Å². The molecular weight excluding hydrogens is 514 g/mol. The van der Waals surface area contributed by atoms with Crippen LogP contribution in [-0.2, 0) is 13.0 Å². The third-order valence-corrected chi connectivity index (χ3v) is 7.70. The number of nitrogens with one attached hydrogen (secondary N) is 1. The highest BCUT2D eigenvalue weighted by Crippen LogP contribution is 2.39. The van der Waals surface area contributed by atoms with E-state index in [9.17, 15) is 4.79 Å². The van der Waals surface area contributed by atoms with Crippen molar-refractivity contribution in [3.05, 3.63) is 119 Å². The number of benzene rings is 3. The van der Waals surface area contributed by atoms with Crippen LogP contribution in [0.15, 0.2) is 91.1 Å². The summed E-state index contributed by atoms with van der Waals surface area (Å²) in [5.74, 6) is 2.10. The van der Waals surface area contributed by atoms with Gasteiger partial charge >= 0.3 is 6.03 Å². The van der Waals surface area contributed by atoms with Crippen molar-refractivity contribution in [1.29, 1.82) is 0 Å². The molecule has 2 aromatic heterocycles. The smallest absolute Gasteiger partial charge is 0.323 e. The van der Waals surface area contributed by atoms with Crippen molar-refractivity contribution in [1.82, 2.24) is 19.2 Å². The Morgan fingerprint density at radius 3 is 2.46 bits per heavy atom. The fourth-order valence-electron chi connectivity index (χ4n) is 5.52. The first-order chi connectivity index (χ1) is 20.0. The summed E-state index contributed by atoms with van der Waals surface area (Å²) in [6.07, 6.45) is 3.00. The van der Waals surface area contributed by atoms with Crippen molar-refractivity contribution in [2.75, 3.05) is 19.5 Å². The zero-order valence-corrected chi connectivity index (χ0v) is 23.7. The van der Waals surface area contributed by atoms with Crippen molar-refractivity contribution in [2.45, 2.75) is 32.9 Å². The van der Waals surface area contributed by atoms with E-state index in [0.717, 1.165) is 40.4 Å². The maximum absolute atomic E-state index is 14.3. The second-order valence-electron chi connectivity index (χ2n) is 10.1. The highest BCUT2D eigenvalue weighted by atomic mass is 16.5. The monoisotopic (exact) mass is 547 g/mol. The minimum atomic E-state index is -0.351. The number of urea groups is 1. The molecule has 0 fully saturated rings. The van der Waals surface area contributed by atoms with Gasteiger partial charge in [-0.1, -0.05) is 49.4 Å². The number of fused-ring (bicyclic) bond motifs is 3. The number of aryl methyl sites for hydroxylation is 2. The van der Waals surface area contributed by atoms with Crippen LogP contribution in [0, 0.1) is 6.92 Å². The van der Waals surface area contributed by atoms with E-state index < -0.39 is 0 Å². The SMILES string of the molecule is CCc1ccc(C2c3cccn3-c3c(c(C)nn3-c3ccccc3)CN2C(=O)Nc2ccc(OC)cc2OC)cc1. The lowest BCUT2D eigenvalue weighted by Crippen LogP contribution is -2.38. The summed E-state index contributed by atoms with van der Waals surface area (Å²) in [6, 6.07) is 27.5. The van der Waals surface area contributed by atoms with E-state index in [-0.39, 0.29) is 12.1 Å². The van der Waals surface area contributed by atoms with E-state index in [2.05, 4.69) is 53.3 Å². The van der Waals surface area contributed by atoms with E-state index in [1.807, 2.05) is 52.9 Å². The minimum absolute atomic E-state index is 0.245. The van der Waals surface area contributed by atoms with Crippen LogP contribution in [0.2, 0.25) is 0 Å². The van der Waals surface area contributed by atoms with Gasteiger partial charge in [0.15, 0.2) is 0 Å². The summed E-state index contributed by atoms with van der Waals surface area (Å²) in [5, 5.41) is 8.05. The normalized spacial score (nSPS) is 14.1. The van der Waals surface area contributed by atoms with Crippen molar-refractivity contribution in [3.8, 4) is 23.0 Å². The molecule has 8 nitrogen and oxygen atoms in total. The van der Waals surface area contributed by atoms with Gasteiger partial charge in [0.1, 0.15) is 17.3 Å². The molecule has 3 heterocycles. The molecule has 1 aliphatic rings. The quantitative estimate of drug-likeness (QED) is 0.257. The molecule has 2 amide bonds.